The van der Waals surface area contributed by atoms with E-state index in [0.29, 0.717) is 19.3 Å². The fourth-order valence-electron chi connectivity index (χ4n) is 7.26. The topological polar surface area (TPSA) is 453 Å². The highest BCUT2D eigenvalue weighted by Gasteiger charge is 2.37. The van der Waals surface area contributed by atoms with Crippen LogP contribution in [0.4, 0.5) is 0 Å². The van der Waals surface area contributed by atoms with Crippen LogP contribution < -0.4 is 49.1 Å². The summed E-state index contributed by atoms with van der Waals surface area (Å²) in [4.78, 5) is 124. The lowest BCUT2D eigenvalue weighted by molar-refractivity contribution is -0.164. The van der Waals surface area contributed by atoms with Gasteiger partial charge in [0.2, 0.25) is 17.7 Å². The van der Waals surface area contributed by atoms with Gasteiger partial charge in [-0.05, 0) is 114 Å². The summed E-state index contributed by atoms with van der Waals surface area (Å²) in [5.41, 5.74) is 15.7. The second kappa shape index (κ2) is 29.3. The number of hydrogen-bond donors (Lipinski definition) is 15. The molecule has 3 aromatic carbocycles. The Balaban J connectivity index is 1.69. The summed E-state index contributed by atoms with van der Waals surface area (Å²) in [5.74, 6) is -14.7. The predicted octanol–water partition coefficient (Wildman–Crippen LogP) is -1.90. The Labute approximate surface area is 428 Å². The molecule has 0 aromatic heterocycles. The van der Waals surface area contributed by atoms with Crippen molar-refractivity contribution in [1.29, 1.82) is 0 Å². The Morgan fingerprint density at radius 3 is 0.933 bits per heavy atom. The number of amides is 6. The fraction of sp³-hybridized carbons (Fsp3) is 0.438. The molecule has 3 aromatic rings. The maximum atomic E-state index is 14.0. The molecule has 6 atom stereocenters. The second-order valence-corrected chi connectivity index (χ2v) is 17.0. The van der Waals surface area contributed by atoms with Gasteiger partial charge in [0.25, 0.3) is 17.7 Å². The molecule has 1 heterocycles. The number of para-hydroxylation sites is 3. The molecule has 0 radical (unpaired) electrons. The SMILES string of the molecule is NCCCCC(NC(=O)c1cccc(O)c1O)C(=O)NC1COC(=O)C(NC(=O)C(CCCCN)NC(=O)c2cccc(O)c2O)COC(=O)C(NC(=O)C(CCCCN)NC(=O)c2cccc(O)c2O)COC1=O. The van der Waals surface area contributed by atoms with E-state index in [9.17, 15) is 73.8 Å². The Kier molecular flexibility index (Phi) is 23.1. The minimum absolute atomic E-state index is 0.105. The third kappa shape index (κ3) is 17.4. The zero-order valence-corrected chi connectivity index (χ0v) is 40.6. The van der Waals surface area contributed by atoms with Crippen LogP contribution in [0.3, 0.4) is 0 Å². The molecular weight excluding hydrogens is 991 g/mol. The Morgan fingerprint density at radius 1 is 0.440 bits per heavy atom. The zero-order valence-electron chi connectivity index (χ0n) is 40.6. The molecule has 1 saturated heterocycles. The summed E-state index contributed by atoms with van der Waals surface area (Å²) in [5, 5.41) is 75.2. The predicted molar refractivity (Wildman–Crippen MR) is 260 cm³/mol. The Bertz CT molecular complexity index is 2260. The molecule has 408 valence electrons. The van der Waals surface area contributed by atoms with Crippen LogP contribution in [0.1, 0.15) is 88.9 Å². The van der Waals surface area contributed by atoms with Crippen LogP contribution in [0.2, 0.25) is 0 Å². The minimum atomic E-state index is -1.95. The second-order valence-electron chi connectivity index (χ2n) is 17.0. The summed E-state index contributed by atoms with van der Waals surface area (Å²) in [6, 6.07) is 0.256. The van der Waals surface area contributed by atoms with Crippen LogP contribution >= 0.6 is 0 Å². The van der Waals surface area contributed by atoms with Gasteiger partial charge < -0.3 is 94.0 Å². The molecule has 6 amide bonds. The summed E-state index contributed by atoms with van der Waals surface area (Å²) in [6.45, 7) is -2.57. The van der Waals surface area contributed by atoms with Crippen molar-refractivity contribution in [3.63, 3.8) is 0 Å². The molecule has 18 N–H and O–H groups in total. The number of rotatable bonds is 24. The maximum absolute atomic E-state index is 14.0. The van der Waals surface area contributed by atoms with E-state index in [-0.39, 0.29) is 58.2 Å². The number of carbonyl (C=O) groups is 9. The fourth-order valence-corrected chi connectivity index (χ4v) is 7.26. The molecule has 27 nitrogen and oxygen atoms in total. The van der Waals surface area contributed by atoms with E-state index in [1.54, 1.807) is 0 Å². The van der Waals surface area contributed by atoms with Gasteiger partial charge >= 0.3 is 17.9 Å². The third-order valence-corrected chi connectivity index (χ3v) is 11.5. The number of nitrogens with two attached hydrogens (primary N) is 3. The highest BCUT2D eigenvalue weighted by atomic mass is 16.6. The number of phenolic OH excluding ortho intramolecular Hbond substituents is 6. The van der Waals surface area contributed by atoms with Crippen molar-refractivity contribution in [1.82, 2.24) is 31.9 Å². The molecule has 27 heteroatoms. The number of nitrogens with one attached hydrogen (secondary N) is 6. The molecule has 75 heavy (non-hydrogen) atoms. The van der Waals surface area contributed by atoms with Crippen molar-refractivity contribution in [3.05, 3.63) is 71.3 Å². The van der Waals surface area contributed by atoms with Crippen LogP contribution in [0.25, 0.3) is 0 Å². The van der Waals surface area contributed by atoms with E-state index in [2.05, 4.69) is 31.9 Å². The molecule has 6 unspecified atom stereocenters. The van der Waals surface area contributed by atoms with Gasteiger partial charge in [-0.25, -0.2) is 14.4 Å². The molecule has 0 spiro atoms. The molecule has 1 aliphatic heterocycles. The summed E-state index contributed by atoms with van der Waals surface area (Å²) in [6.07, 6.45) is 1.49. The quantitative estimate of drug-likeness (QED) is 0.0202. The molecule has 4 rings (SSSR count). The van der Waals surface area contributed by atoms with E-state index in [1.165, 1.54) is 18.2 Å². The number of aromatic hydroxyl groups is 6. The van der Waals surface area contributed by atoms with Crippen molar-refractivity contribution in [3.8, 4) is 34.5 Å². The van der Waals surface area contributed by atoms with Gasteiger partial charge in [0.05, 0.1) is 16.7 Å². The number of carbonyl (C=O) groups excluding carboxylic acids is 9. The lowest BCUT2D eigenvalue weighted by atomic mass is 10.1. The maximum Gasteiger partial charge on any atom is 0.332 e. The average molecular weight is 1050 g/mol. The normalized spacial score (nSPS) is 17.2. The largest absolute Gasteiger partial charge is 0.504 e. The number of ether oxygens (including phenoxy) is 3. The monoisotopic (exact) mass is 1050 g/mol. The standard InChI is InChI=1S/C48H63N9O18/c49-19-4-1-13-28(52-40(64)25-10-7-16-34(58)37(25)61)43(67)55-31-22-73-47(71)33(57-45(69)30(15-3-6-21-51)54-42(66)27-12-9-18-36(60)39(27)63)24-75-48(72)32(23-74-46(31)70)56-44(68)29(14-2-5-20-50)53-41(65)26-11-8-17-35(59)38(26)62/h7-12,16-18,28-33,58-63H,1-6,13-15,19-24,49-51H2,(H,52,64)(H,53,65)(H,54,66)(H,55,67)(H,56,68)(H,57,69). The summed E-state index contributed by atoms with van der Waals surface area (Å²) >= 11 is 0. The molecule has 0 bridgehead atoms. The van der Waals surface area contributed by atoms with Gasteiger partial charge in [0.15, 0.2) is 52.6 Å². The van der Waals surface area contributed by atoms with Crippen LogP contribution in [0, 0.1) is 0 Å². The van der Waals surface area contributed by atoms with Crippen molar-refractivity contribution in [2.75, 3.05) is 39.5 Å². The molecular formula is C48H63N9O18. The lowest BCUT2D eigenvalue weighted by Gasteiger charge is -2.27. The first-order chi connectivity index (χ1) is 35.8. The number of hydrogen-bond acceptors (Lipinski definition) is 21. The van der Waals surface area contributed by atoms with Crippen molar-refractivity contribution < 1.29 is 88.0 Å². The first-order valence-electron chi connectivity index (χ1n) is 23.8. The highest BCUT2D eigenvalue weighted by Crippen LogP contribution is 2.30. The van der Waals surface area contributed by atoms with E-state index in [4.69, 9.17) is 31.4 Å². The molecule has 1 fully saturated rings. The van der Waals surface area contributed by atoms with Crippen molar-refractivity contribution >= 4 is 53.4 Å². The van der Waals surface area contributed by atoms with Crippen LogP contribution in [-0.2, 0) is 43.0 Å². The van der Waals surface area contributed by atoms with Gasteiger partial charge in [-0.3, -0.25) is 28.8 Å². The van der Waals surface area contributed by atoms with E-state index >= 15 is 0 Å². The van der Waals surface area contributed by atoms with Gasteiger partial charge in [-0.1, -0.05) is 18.2 Å². The van der Waals surface area contributed by atoms with Crippen LogP contribution in [0.5, 0.6) is 34.5 Å². The summed E-state index contributed by atoms with van der Waals surface area (Å²) < 4.78 is 16.1. The molecule has 0 aliphatic carbocycles. The van der Waals surface area contributed by atoms with Crippen LogP contribution in [0.15, 0.2) is 54.6 Å². The minimum Gasteiger partial charge on any atom is -0.504 e. The molecule has 0 saturated carbocycles. The summed E-state index contributed by atoms with van der Waals surface area (Å²) in [7, 11) is 0. The first kappa shape index (κ1) is 59.1. The van der Waals surface area contributed by atoms with Gasteiger partial charge in [-0.2, -0.15) is 0 Å². The van der Waals surface area contributed by atoms with E-state index < -0.39 is 161 Å². The number of benzene rings is 3. The number of cyclic esters (lactones) is 3. The first-order valence-corrected chi connectivity index (χ1v) is 23.8. The van der Waals surface area contributed by atoms with Gasteiger partial charge in [-0.15, -0.1) is 0 Å². The van der Waals surface area contributed by atoms with Gasteiger partial charge in [0, 0.05) is 0 Å². The van der Waals surface area contributed by atoms with E-state index in [0.717, 1.165) is 36.4 Å². The van der Waals surface area contributed by atoms with Crippen molar-refractivity contribution in [2.24, 2.45) is 17.2 Å². The van der Waals surface area contributed by atoms with E-state index in [1.807, 2.05) is 0 Å². The van der Waals surface area contributed by atoms with Crippen molar-refractivity contribution in [2.45, 2.75) is 94.0 Å². The van der Waals surface area contributed by atoms with Gasteiger partial charge in [0.1, 0.15) is 37.9 Å². The lowest BCUT2D eigenvalue weighted by Crippen LogP contribution is -2.57. The average Bonchev–Trinajstić information content (AvgIpc) is 3.38. The number of esters is 3. The van der Waals surface area contributed by atoms with Crippen LogP contribution in [-0.4, -0.2) is 160 Å². The molecule has 1 aliphatic rings. The highest BCUT2D eigenvalue weighted by molar-refractivity contribution is 6.02. The zero-order chi connectivity index (χ0) is 55.2. The number of unbranched alkanes of at least 4 members (excludes halogenated alkanes) is 3. The Morgan fingerprint density at radius 2 is 0.693 bits per heavy atom. The smallest absolute Gasteiger partial charge is 0.332 e. The third-order valence-electron chi connectivity index (χ3n) is 11.5. The Hall–Kier alpha value is -8.43. The number of phenols is 6.